The van der Waals surface area contributed by atoms with Crippen molar-refractivity contribution in [3.63, 3.8) is 0 Å². The Morgan fingerprint density at radius 3 is 2.61 bits per heavy atom. The molecule has 1 heterocycles. The van der Waals surface area contributed by atoms with Gasteiger partial charge in [-0.15, -0.1) is 0 Å². The standard InChI is InChI=1S/C15H16O3/c1-7-4-12(17)13-8(2)6-18-15(13)14-9(3)11(16)5-10(7)14/h6-7,10H,4-5H2,1-3H3/t7-,10-/m1/s1. The highest BCUT2D eigenvalue weighted by atomic mass is 16.3. The van der Waals surface area contributed by atoms with Crippen LogP contribution in [-0.4, -0.2) is 11.6 Å². The second-order valence-electron chi connectivity index (χ2n) is 5.50. The lowest BCUT2D eigenvalue weighted by Gasteiger charge is -2.17. The zero-order chi connectivity index (χ0) is 13.0. The van der Waals surface area contributed by atoms with E-state index in [1.54, 1.807) is 6.26 Å². The van der Waals surface area contributed by atoms with E-state index in [1.165, 1.54) is 0 Å². The lowest BCUT2D eigenvalue weighted by atomic mass is 9.86. The topological polar surface area (TPSA) is 47.3 Å². The van der Waals surface area contributed by atoms with Gasteiger partial charge in [0.2, 0.25) is 0 Å². The maximum atomic E-state index is 12.2. The van der Waals surface area contributed by atoms with Crippen LogP contribution in [0.25, 0.3) is 5.57 Å². The molecule has 1 aromatic rings. The minimum absolute atomic E-state index is 0.144. The van der Waals surface area contributed by atoms with E-state index in [9.17, 15) is 9.59 Å². The van der Waals surface area contributed by atoms with Crippen molar-refractivity contribution in [2.24, 2.45) is 11.8 Å². The lowest BCUT2D eigenvalue weighted by molar-refractivity contribution is -0.115. The van der Waals surface area contributed by atoms with Crippen LogP contribution in [0.1, 0.15) is 48.4 Å². The summed E-state index contributed by atoms with van der Waals surface area (Å²) >= 11 is 0. The van der Waals surface area contributed by atoms with Gasteiger partial charge >= 0.3 is 0 Å². The van der Waals surface area contributed by atoms with Crippen LogP contribution in [0.4, 0.5) is 0 Å². The van der Waals surface area contributed by atoms with Gasteiger partial charge in [-0.05, 0) is 36.8 Å². The molecule has 2 aliphatic rings. The molecule has 0 aliphatic heterocycles. The minimum atomic E-state index is 0.144. The summed E-state index contributed by atoms with van der Waals surface area (Å²) < 4.78 is 5.59. The van der Waals surface area contributed by atoms with Crippen molar-refractivity contribution < 1.29 is 14.0 Å². The Morgan fingerprint density at radius 1 is 1.17 bits per heavy atom. The van der Waals surface area contributed by atoms with Crippen LogP contribution < -0.4 is 0 Å². The van der Waals surface area contributed by atoms with E-state index in [2.05, 4.69) is 6.92 Å². The molecular weight excluding hydrogens is 228 g/mol. The third-order valence-corrected chi connectivity index (χ3v) is 4.29. The predicted molar refractivity (Wildman–Crippen MR) is 67.3 cm³/mol. The molecule has 94 valence electrons. The van der Waals surface area contributed by atoms with Gasteiger partial charge in [-0.2, -0.15) is 0 Å². The van der Waals surface area contributed by atoms with Gasteiger partial charge in [-0.1, -0.05) is 6.92 Å². The van der Waals surface area contributed by atoms with Crippen LogP contribution in [0, 0.1) is 18.8 Å². The first kappa shape index (κ1) is 11.5. The highest BCUT2D eigenvalue weighted by Gasteiger charge is 2.41. The number of carbonyl (C=O) groups is 2. The first-order valence-corrected chi connectivity index (χ1v) is 6.36. The van der Waals surface area contributed by atoms with Crippen LogP contribution in [-0.2, 0) is 4.79 Å². The molecule has 0 unspecified atom stereocenters. The number of aryl methyl sites for hydroxylation is 1. The second-order valence-corrected chi connectivity index (χ2v) is 5.50. The molecular formula is C15H16O3. The molecule has 0 spiro atoms. The van der Waals surface area contributed by atoms with Crippen molar-refractivity contribution in [1.29, 1.82) is 0 Å². The summed E-state index contributed by atoms with van der Waals surface area (Å²) in [5, 5.41) is 0. The number of hydrogen-bond acceptors (Lipinski definition) is 3. The normalized spacial score (nSPS) is 27.3. The Balaban J connectivity index is 2.29. The van der Waals surface area contributed by atoms with E-state index in [0.717, 1.165) is 16.7 Å². The number of carbonyl (C=O) groups excluding carboxylic acids is 2. The van der Waals surface area contributed by atoms with E-state index in [4.69, 9.17) is 4.42 Å². The second kappa shape index (κ2) is 3.67. The molecule has 0 amide bonds. The largest absolute Gasteiger partial charge is 0.464 e. The zero-order valence-electron chi connectivity index (χ0n) is 10.9. The van der Waals surface area contributed by atoms with Gasteiger partial charge in [0.1, 0.15) is 5.76 Å². The molecule has 0 bridgehead atoms. The molecule has 0 aromatic carbocycles. The van der Waals surface area contributed by atoms with E-state index in [1.807, 2.05) is 13.8 Å². The summed E-state index contributed by atoms with van der Waals surface area (Å²) in [7, 11) is 0. The third-order valence-electron chi connectivity index (χ3n) is 4.29. The maximum absolute atomic E-state index is 12.2. The van der Waals surface area contributed by atoms with Gasteiger partial charge in [-0.25, -0.2) is 0 Å². The van der Waals surface area contributed by atoms with Gasteiger partial charge in [0, 0.05) is 18.4 Å². The molecule has 0 radical (unpaired) electrons. The van der Waals surface area contributed by atoms with Crippen LogP contribution in [0.2, 0.25) is 0 Å². The van der Waals surface area contributed by atoms with Gasteiger partial charge in [0.05, 0.1) is 11.8 Å². The van der Waals surface area contributed by atoms with Gasteiger partial charge in [0.25, 0.3) is 0 Å². The Kier molecular flexibility index (Phi) is 2.34. The first-order valence-electron chi connectivity index (χ1n) is 6.36. The number of hydrogen-bond donors (Lipinski definition) is 0. The molecule has 18 heavy (non-hydrogen) atoms. The number of rotatable bonds is 0. The number of fused-ring (bicyclic) bond motifs is 3. The minimum Gasteiger partial charge on any atom is -0.464 e. The summed E-state index contributed by atoms with van der Waals surface area (Å²) in [5.41, 5.74) is 3.31. The van der Waals surface area contributed by atoms with Crippen LogP contribution >= 0.6 is 0 Å². The quantitative estimate of drug-likeness (QED) is 0.704. The number of allylic oxidation sites excluding steroid dienone is 2. The SMILES string of the molecule is CC1=C2c3occ(C)c3C(=O)C[C@@H](C)[C@H]2CC1=O. The zero-order valence-corrected chi connectivity index (χ0v) is 10.9. The van der Waals surface area contributed by atoms with Crippen LogP contribution in [0.5, 0.6) is 0 Å². The fourth-order valence-corrected chi connectivity index (χ4v) is 3.23. The van der Waals surface area contributed by atoms with Crippen LogP contribution in [0.15, 0.2) is 16.3 Å². The molecule has 3 rings (SSSR count). The maximum Gasteiger partial charge on any atom is 0.167 e. The van der Waals surface area contributed by atoms with Gasteiger partial charge < -0.3 is 4.42 Å². The Labute approximate surface area is 106 Å². The van der Waals surface area contributed by atoms with Crippen molar-refractivity contribution in [2.75, 3.05) is 0 Å². The van der Waals surface area contributed by atoms with E-state index < -0.39 is 0 Å². The monoisotopic (exact) mass is 244 g/mol. The van der Waals surface area contributed by atoms with Gasteiger partial charge in [0.15, 0.2) is 11.6 Å². The molecule has 2 aliphatic carbocycles. The fraction of sp³-hybridized carbons (Fsp3) is 0.467. The summed E-state index contributed by atoms with van der Waals surface area (Å²) in [6.45, 7) is 5.79. The summed E-state index contributed by atoms with van der Waals surface area (Å²) in [5.74, 6) is 1.33. The average molecular weight is 244 g/mol. The highest BCUT2D eigenvalue weighted by Crippen LogP contribution is 2.46. The molecule has 3 nitrogen and oxygen atoms in total. The molecule has 0 saturated heterocycles. The summed E-state index contributed by atoms with van der Waals surface area (Å²) in [6, 6.07) is 0. The van der Waals surface area contributed by atoms with Gasteiger partial charge in [-0.3, -0.25) is 9.59 Å². The first-order chi connectivity index (χ1) is 8.50. The predicted octanol–water partition coefficient (Wildman–Crippen LogP) is 3.17. The summed E-state index contributed by atoms with van der Waals surface area (Å²) in [6.07, 6.45) is 2.65. The van der Waals surface area contributed by atoms with Crippen molar-refractivity contribution in [3.05, 3.63) is 28.7 Å². The lowest BCUT2D eigenvalue weighted by Crippen LogP contribution is -2.12. The molecule has 0 N–H and O–H groups in total. The van der Waals surface area contributed by atoms with Crippen molar-refractivity contribution in [3.8, 4) is 0 Å². The molecule has 0 saturated carbocycles. The van der Waals surface area contributed by atoms with E-state index in [-0.39, 0.29) is 23.4 Å². The highest BCUT2D eigenvalue weighted by molar-refractivity contribution is 6.11. The molecule has 3 heteroatoms. The number of ketones is 2. The number of Topliss-reactive ketones (excluding diaryl/α,β-unsaturated/α-hetero) is 2. The van der Waals surface area contributed by atoms with Crippen molar-refractivity contribution in [2.45, 2.75) is 33.6 Å². The van der Waals surface area contributed by atoms with Crippen molar-refractivity contribution in [1.82, 2.24) is 0 Å². The number of furan rings is 1. The average Bonchev–Trinajstić information content (AvgIpc) is 2.78. The molecule has 0 fully saturated rings. The molecule has 1 aromatic heterocycles. The third kappa shape index (κ3) is 1.36. The Morgan fingerprint density at radius 2 is 1.89 bits per heavy atom. The fourth-order valence-electron chi connectivity index (χ4n) is 3.23. The molecule has 2 atom stereocenters. The van der Waals surface area contributed by atoms with Crippen LogP contribution in [0.3, 0.4) is 0 Å². The van der Waals surface area contributed by atoms with E-state index >= 15 is 0 Å². The Bertz CT molecular complexity index is 589. The van der Waals surface area contributed by atoms with E-state index in [0.29, 0.717) is 24.2 Å². The van der Waals surface area contributed by atoms with Crippen molar-refractivity contribution >= 4 is 17.1 Å². The smallest absolute Gasteiger partial charge is 0.167 e. The summed E-state index contributed by atoms with van der Waals surface area (Å²) in [4.78, 5) is 24.2. The Hall–Kier alpha value is -1.64.